The average molecular weight is 268 g/mol. The van der Waals surface area contributed by atoms with Crippen LogP contribution < -0.4 is 0 Å². The van der Waals surface area contributed by atoms with Gasteiger partial charge in [-0.2, -0.15) is 10.1 Å². The number of hydrogen-bond donors (Lipinski definition) is 0. The summed E-state index contributed by atoms with van der Waals surface area (Å²) in [5.41, 5.74) is 2.76. The van der Waals surface area contributed by atoms with Gasteiger partial charge in [-0.25, -0.2) is 4.68 Å². The maximum atomic E-state index is 5.10. The molecule has 0 fully saturated rings. The zero-order valence-electron chi connectivity index (χ0n) is 11.7. The first-order chi connectivity index (χ1) is 9.55. The predicted octanol–water partition coefficient (Wildman–Crippen LogP) is 3.22. The maximum Gasteiger partial charge on any atom is 0.278 e. The molecule has 0 saturated heterocycles. The highest BCUT2D eigenvalue weighted by molar-refractivity contribution is 5.50. The molecule has 3 rings (SSSR count). The predicted molar refractivity (Wildman–Crippen MR) is 75.6 cm³/mol. The van der Waals surface area contributed by atoms with Crippen LogP contribution in [0.3, 0.4) is 0 Å². The maximum absolute atomic E-state index is 5.10. The molecule has 20 heavy (non-hydrogen) atoms. The lowest BCUT2D eigenvalue weighted by Gasteiger charge is -2.20. The summed E-state index contributed by atoms with van der Waals surface area (Å²) in [4.78, 5) is 4.06. The van der Waals surface area contributed by atoms with E-state index in [9.17, 15) is 0 Å². The lowest BCUT2D eigenvalue weighted by molar-refractivity contribution is 0.428. The summed E-state index contributed by atoms with van der Waals surface area (Å²) in [7, 11) is 0. The first-order valence-electron chi connectivity index (χ1n) is 6.49. The van der Waals surface area contributed by atoms with E-state index in [1.54, 1.807) is 0 Å². The van der Waals surface area contributed by atoms with Crippen molar-refractivity contribution >= 4 is 0 Å². The molecule has 0 radical (unpaired) electrons. The molecule has 1 aromatic carbocycles. The van der Waals surface area contributed by atoms with Crippen molar-refractivity contribution < 1.29 is 4.52 Å². The Kier molecular flexibility index (Phi) is 2.89. The smallest absolute Gasteiger partial charge is 0.278 e. The van der Waals surface area contributed by atoms with E-state index in [0.29, 0.717) is 11.6 Å². The standard InChI is InChI=1S/C15H16N4O/c1-15(2,3)13-9-12(14-16-10-17-20-14)18-19(13)11-7-5-4-6-8-11/h4-10H,1-3H3. The van der Waals surface area contributed by atoms with Crippen LogP contribution >= 0.6 is 0 Å². The Hall–Kier alpha value is -2.43. The van der Waals surface area contributed by atoms with Crippen LogP contribution in [0.4, 0.5) is 0 Å². The SMILES string of the molecule is CC(C)(C)c1cc(-c2ncno2)nn1-c1ccccc1. The Morgan fingerprint density at radius 2 is 1.85 bits per heavy atom. The van der Waals surface area contributed by atoms with Crippen molar-refractivity contribution in [3.8, 4) is 17.3 Å². The van der Waals surface area contributed by atoms with Gasteiger partial charge in [0, 0.05) is 5.41 Å². The second kappa shape index (κ2) is 4.59. The summed E-state index contributed by atoms with van der Waals surface area (Å²) in [6, 6.07) is 12.0. The number of para-hydroxylation sites is 1. The molecule has 0 aliphatic rings. The number of rotatable bonds is 2. The van der Waals surface area contributed by atoms with Crippen molar-refractivity contribution in [1.82, 2.24) is 19.9 Å². The number of nitrogens with zero attached hydrogens (tertiary/aromatic N) is 4. The fraction of sp³-hybridized carbons (Fsp3) is 0.267. The second-order valence-electron chi connectivity index (χ2n) is 5.66. The molecule has 0 amide bonds. The minimum Gasteiger partial charge on any atom is -0.332 e. The molecule has 0 N–H and O–H groups in total. The average Bonchev–Trinajstić information content (AvgIpc) is 3.08. The van der Waals surface area contributed by atoms with Gasteiger partial charge in [-0.15, -0.1) is 0 Å². The highest BCUT2D eigenvalue weighted by Crippen LogP contribution is 2.28. The van der Waals surface area contributed by atoms with E-state index in [0.717, 1.165) is 11.4 Å². The van der Waals surface area contributed by atoms with Crippen LogP contribution in [0.15, 0.2) is 47.2 Å². The van der Waals surface area contributed by atoms with Gasteiger partial charge in [-0.3, -0.25) is 0 Å². The molecule has 3 aromatic rings. The first kappa shape index (κ1) is 12.6. The Bertz CT molecular complexity index is 693. The van der Waals surface area contributed by atoms with E-state index in [2.05, 4.69) is 36.0 Å². The van der Waals surface area contributed by atoms with E-state index in [1.807, 2.05) is 41.1 Å². The molecule has 0 unspecified atom stereocenters. The largest absolute Gasteiger partial charge is 0.332 e. The van der Waals surface area contributed by atoms with Crippen LogP contribution in [0.1, 0.15) is 26.5 Å². The molecular formula is C15H16N4O. The monoisotopic (exact) mass is 268 g/mol. The van der Waals surface area contributed by atoms with Crippen molar-refractivity contribution in [1.29, 1.82) is 0 Å². The zero-order valence-corrected chi connectivity index (χ0v) is 11.7. The third kappa shape index (κ3) is 2.22. The van der Waals surface area contributed by atoms with Crippen molar-refractivity contribution in [2.75, 3.05) is 0 Å². The zero-order chi connectivity index (χ0) is 14.2. The molecular weight excluding hydrogens is 252 g/mol. The van der Waals surface area contributed by atoms with Gasteiger partial charge in [0.2, 0.25) is 0 Å². The topological polar surface area (TPSA) is 56.7 Å². The third-order valence-corrected chi connectivity index (χ3v) is 3.06. The lowest BCUT2D eigenvalue weighted by Crippen LogP contribution is -2.17. The molecule has 0 aliphatic heterocycles. The van der Waals surface area contributed by atoms with Crippen LogP contribution in [0.5, 0.6) is 0 Å². The van der Waals surface area contributed by atoms with Crippen molar-refractivity contribution in [3.63, 3.8) is 0 Å². The van der Waals surface area contributed by atoms with Crippen molar-refractivity contribution in [2.24, 2.45) is 0 Å². The van der Waals surface area contributed by atoms with E-state index >= 15 is 0 Å². The summed E-state index contributed by atoms with van der Waals surface area (Å²) in [5, 5.41) is 8.25. The van der Waals surface area contributed by atoms with E-state index < -0.39 is 0 Å². The Morgan fingerprint density at radius 3 is 2.45 bits per heavy atom. The molecule has 0 spiro atoms. The molecule has 2 aromatic heterocycles. The Morgan fingerprint density at radius 1 is 1.10 bits per heavy atom. The van der Waals surface area contributed by atoms with Crippen molar-refractivity contribution in [2.45, 2.75) is 26.2 Å². The normalized spacial score (nSPS) is 11.8. The van der Waals surface area contributed by atoms with Crippen LogP contribution in [-0.4, -0.2) is 19.9 Å². The fourth-order valence-electron chi connectivity index (χ4n) is 2.07. The molecule has 5 nitrogen and oxygen atoms in total. The van der Waals surface area contributed by atoms with Gasteiger partial charge >= 0.3 is 0 Å². The molecule has 0 aliphatic carbocycles. The minimum absolute atomic E-state index is 0.0406. The van der Waals surface area contributed by atoms with Gasteiger partial charge in [-0.05, 0) is 18.2 Å². The summed E-state index contributed by atoms with van der Waals surface area (Å²) < 4.78 is 7.03. The highest BCUT2D eigenvalue weighted by Gasteiger charge is 2.23. The molecule has 2 heterocycles. The van der Waals surface area contributed by atoms with Gasteiger partial charge in [0.05, 0.1) is 11.4 Å². The summed E-state index contributed by atoms with van der Waals surface area (Å²) in [5.74, 6) is 0.435. The Labute approximate surface area is 117 Å². The van der Waals surface area contributed by atoms with Gasteiger partial charge in [-0.1, -0.05) is 44.1 Å². The lowest BCUT2D eigenvalue weighted by atomic mass is 9.91. The molecule has 0 saturated carbocycles. The van der Waals surface area contributed by atoms with Crippen molar-refractivity contribution in [3.05, 3.63) is 48.4 Å². The molecule has 0 bridgehead atoms. The third-order valence-electron chi connectivity index (χ3n) is 3.06. The number of aromatic nitrogens is 4. The summed E-state index contributed by atoms with van der Waals surface area (Å²) >= 11 is 0. The number of hydrogen-bond acceptors (Lipinski definition) is 4. The highest BCUT2D eigenvalue weighted by atomic mass is 16.5. The molecule has 0 atom stereocenters. The molecule has 5 heteroatoms. The summed E-state index contributed by atoms with van der Waals surface area (Å²) in [6.45, 7) is 6.46. The quantitative estimate of drug-likeness (QED) is 0.716. The van der Waals surface area contributed by atoms with Gasteiger partial charge in [0.15, 0.2) is 12.0 Å². The van der Waals surface area contributed by atoms with Gasteiger partial charge < -0.3 is 4.52 Å². The summed E-state index contributed by atoms with van der Waals surface area (Å²) in [6.07, 6.45) is 1.38. The van der Waals surface area contributed by atoms with E-state index in [-0.39, 0.29) is 5.41 Å². The second-order valence-corrected chi connectivity index (χ2v) is 5.66. The van der Waals surface area contributed by atoms with Crippen LogP contribution in [-0.2, 0) is 5.41 Å². The van der Waals surface area contributed by atoms with Crippen LogP contribution in [0, 0.1) is 0 Å². The first-order valence-corrected chi connectivity index (χ1v) is 6.49. The molecule has 102 valence electrons. The van der Waals surface area contributed by atoms with Gasteiger partial charge in [0.1, 0.15) is 0 Å². The van der Waals surface area contributed by atoms with E-state index in [1.165, 1.54) is 6.33 Å². The Balaban J connectivity index is 2.18. The van der Waals surface area contributed by atoms with Crippen LogP contribution in [0.2, 0.25) is 0 Å². The fourth-order valence-corrected chi connectivity index (χ4v) is 2.07. The van der Waals surface area contributed by atoms with Gasteiger partial charge in [0.25, 0.3) is 5.89 Å². The number of benzene rings is 1. The minimum atomic E-state index is -0.0406. The van der Waals surface area contributed by atoms with E-state index in [4.69, 9.17) is 4.52 Å². The van der Waals surface area contributed by atoms with Crippen LogP contribution in [0.25, 0.3) is 17.3 Å².